The highest BCUT2D eigenvalue weighted by Gasteiger charge is 2.25. The van der Waals surface area contributed by atoms with E-state index in [1.807, 2.05) is 13.1 Å². The number of rotatable bonds is 6. The molecule has 1 atom stereocenters. The monoisotopic (exact) mass is 329 g/mol. The number of likely N-dealkylation sites (tertiary alicyclic amines) is 1. The van der Waals surface area contributed by atoms with E-state index in [-0.39, 0.29) is 6.04 Å². The number of piperidine rings is 1. The second kappa shape index (κ2) is 6.34. The lowest BCUT2D eigenvalue weighted by Gasteiger charge is -2.29. The molecule has 0 aromatic carbocycles. The van der Waals surface area contributed by atoms with Crippen molar-refractivity contribution in [2.75, 3.05) is 20.1 Å². The number of hydrogen-bond acceptors (Lipinski definition) is 5. The predicted molar refractivity (Wildman–Crippen MR) is 85.0 cm³/mol. The summed E-state index contributed by atoms with van der Waals surface area (Å²) >= 11 is 1.37. The first kappa shape index (κ1) is 15.4. The second-order valence-corrected chi connectivity index (χ2v) is 9.21. The summed E-state index contributed by atoms with van der Waals surface area (Å²) in [7, 11) is -1.34. The van der Waals surface area contributed by atoms with Crippen LogP contribution >= 0.6 is 11.3 Å². The van der Waals surface area contributed by atoms with Crippen molar-refractivity contribution < 1.29 is 8.42 Å². The standard InChI is InChI=1S/C14H23N3O2S2/c1-17-8-2-3-12(10-17)16-21(18,19)14-7-6-13(20-14)9-15-11-4-5-11/h6-7,11-12,15-16H,2-5,8-10H2,1H3. The Morgan fingerprint density at radius 2 is 2.10 bits per heavy atom. The summed E-state index contributed by atoms with van der Waals surface area (Å²) in [6.45, 7) is 2.62. The van der Waals surface area contributed by atoms with Crippen LogP contribution in [0.1, 0.15) is 30.6 Å². The van der Waals surface area contributed by atoms with Crippen LogP contribution in [0.5, 0.6) is 0 Å². The third-order valence-electron chi connectivity index (χ3n) is 3.99. The molecule has 0 spiro atoms. The molecule has 2 heterocycles. The zero-order valence-corrected chi connectivity index (χ0v) is 14.0. The number of nitrogens with zero attached hydrogens (tertiary/aromatic N) is 1. The Kier molecular flexibility index (Phi) is 4.66. The van der Waals surface area contributed by atoms with Crippen molar-refractivity contribution >= 4 is 21.4 Å². The van der Waals surface area contributed by atoms with Crippen LogP contribution in [0.2, 0.25) is 0 Å². The van der Waals surface area contributed by atoms with Crippen LogP contribution in [0.4, 0.5) is 0 Å². The van der Waals surface area contributed by atoms with Gasteiger partial charge in [0.1, 0.15) is 4.21 Å². The molecule has 1 aliphatic carbocycles. The van der Waals surface area contributed by atoms with Gasteiger partial charge in [0.25, 0.3) is 0 Å². The van der Waals surface area contributed by atoms with Crippen molar-refractivity contribution in [1.82, 2.24) is 14.9 Å². The number of hydrogen-bond donors (Lipinski definition) is 2. The normalized spacial score (nSPS) is 24.3. The van der Waals surface area contributed by atoms with E-state index in [2.05, 4.69) is 14.9 Å². The van der Waals surface area contributed by atoms with E-state index < -0.39 is 10.0 Å². The molecule has 1 unspecified atom stereocenters. The molecule has 1 saturated carbocycles. The molecule has 1 aromatic heterocycles. The van der Waals surface area contributed by atoms with Crippen LogP contribution in [0, 0.1) is 0 Å². The maximum Gasteiger partial charge on any atom is 0.250 e. The topological polar surface area (TPSA) is 61.4 Å². The van der Waals surface area contributed by atoms with Crippen molar-refractivity contribution in [3.8, 4) is 0 Å². The first-order chi connectivity index (χ1) is 10.0. The first-order valence-corrected chi connectivity index (χ1v) is 9.86. The van der Waals surface area contributed by atoms with E-state index in [1.165, 1.54) is 24.2 Å². The molecule has 2 aliphatic rings. The molecular formula is C14H23N3O2S2. The van der Waals surface area contributed by atoms with Crippen LogP contribution in [0.3, 0.4) is 0 Å². The van der Waals surface area contributed by atoms with Gasteiger partial charge < -0.3 is 10.2 Å². The largest absolute Gasteiger partial charge is 0.309 e. The van der Waals surface area contributed by atoms with Crippen molar-refractivity contribution in [2.45, 2.75) is 48.5 Å². The van der Waals surface area contributed by atoms with Gasteiger partial charge in [0.05, 0.1) is 0 Å². The second-order valence-electron chi connectivity index (χ2n) is 6.10. The van der Waals surface area contributed by atoms with Gasteiger partial charge >= 0.3 is 0 Å². The highest BCUT2D eigenvalue weighted by Crippen LogP contribution is 2.24. The Morgan fingerprint density at radius 1 is 1.29 bits per heavy atom. The lowest BCUT2D eigenvalue weighted by molar-refractivity contribution is 0.242. The Hall–Kier alpha value is -0.470. The minimum Gasteiger partial charge on any atom is -0.309 e. The summed E-state index contributed by atoms with van der Waals surface area (Å²) in [6, 6.07) is 4.32. The fraction of sp³-hybridized carbons (Fsp3) is 0.714. The maximum atomic E-state index is 12.4. The quantitative estimate of drug-likeness (QED) is 0.828. The third-order valence-corrected chi connectivity index (χ3v) is 7.09. The smallest absolute Gasteiger partial charge is 0.250 e. The fourth-order valence-electron chi connectivity index (χ4n) is 2.67. The lowest BCUT2D eigenvalue weighted by atomic mass is 10.1. The molecule has 0 radical (unpaired) electrons. The molecular weight excluding hydrogens is 306 g/mol. The summed E-state index contributed by atoms with van der Waals surface area (Å²) in [5.41, 5.74) is 0. The summed E-state index contributed by atoms with van der Waals surface area (Å²) in [5.74, 6) is 0. The van der Waals surface area contributed by atoms with Gasteiger partial charge in [0.2, 0.25) is 10.0 Å². The SMILES string of the molecule is CN1CCCC(NS(=O)(=O)c2ccc(CNC3CC3)s2)C1. The molecule has 21 heavy (non-hydrogen) atoms. The Labute approximate surface area is 130 Å². The van der Waals surface area contributed by atoms with E-state index in [0.29, 0.717) is 10.3 Å². The highest BCUT2D eigenvalue weighted by atomic mass is 32.2. The molecule has 2 fully saturated rings. The molecule has 1 saturated heterocycles. The minimum atomic E-state index is -3.37. The van der Waals surface area contributed by atoms with E-state index in [4.69, 9.17) is 0 Å². The predicted octanol–water partition coefficient (Wildman–Crippen LogP) is 1.37. The highest BCUT2D eigenvalue weighted by molar-refractivity contribution is 7.91. The third kappa shape index (κ3) is 4.26. The fourth-order valence-corrected chi connectivity index (χ4v) is 5.26. The van der Waals surface area contributed by atoms with Crippen LogP contribution in [0.25, 0.3) is 0 Å². The van der Waals surface area contributed by atoms with Crippen LogP contribution < -0.4 is 10.0 Å². The van der Waals surface area contributed by atoms with Crippen molar-refractivity contribution in [3.05, 3.63) is 17.0 Å². The molecule has 118 valence electrons. The Morgan fingerprint density at radius 3 is 2.81 bits per heavy atom. The molecule has 7 heteroatoms. The summed E-state index contributed by atoms with van der Waals surface area (Å²) in [5, 5.41) is 3.41. The molecule has 1 aliphatic heterocycles. The Bertz CT molecular complexity index is 581. The average Bonchev–Trinajstić information content (AvgIpc) is 3.12. The number of sulfonamides is 1. The first-order valence-electron chi connectivity index (χ1n) is 7.56. The zero-order valence-electron chi connectivity index (χ0n) is 12.3. The van der Waals surface area contributed by atoms with Gasteiger partial charge in [-0.2, -0.15) is 0 Å². The average molecular weight is 329 g/mol. The number of likely N-dealkylation sites (N-methyl/N-ethyl adjacent to an activating group) is 1. The summed E-state index contributed by atoms with van der Waals surface area (Å²) in [4.78, 5) is 3.26. The molecule has 0 bridgehead atoms. The van der Waals surface area contributed by atoms with Crippen LogP contribution in [-0.4, -0.2) is 45.5 Å². The van der Waals surface area contributed by atoms with Gasteiger partial charge in [-0.1, -0.05) is 0 Å². The molecule has 1 aromatic rings. The van der Waals surface area contributed by atoms with Crippen molar-refractivity contribution in [1.29, 1.82) is 0 Å². The minimum absolute atomic E-state index is 0.0314. The molecule has 2 N–H and O–H groups in total. The zero-order chi connectivity index (χ0) is 14.9. The van der Waals surface area contributed by atoms with E-state index in [0.717, 1.165) is 37.4 Å². The van der Waals surface area contributed by atoms with Gasteiger partial charge in [0.15, 0.2) is 0 Å². The number of nitrogens with one attached hydrogen (secondary N) is 2. The van der Waals surface area contributed by atoms with Gasteiger partial charge in [-0.25, -0.2) is 13.1 Å². The lowest BCUT2D eigenvalue weighted by Crippen LogP contribution is -2.46. The van der Waals surface area contributed by atoms with E-state index in [9.17, 15) is 8.42 Å². The van der Waals surface area contributed by atoms with E-state index in [1.54, 1.807) is 6.07 Å². The molecule has 0 amide bonds. The van der Waals surface area contributed by atoms with Crippen LogP contribution in [-0.2, 0) is 16.6 Å². The van der Waals surface area contributed by atoms with Crippen molar-refractivity contribution in [3.63, 3.8) is 0 Å². The van der Waals surface area contributed by atoms with Crippen LogP contribution in [0.15, 0.2) is 16.3 Å². The molecule has 3 rings (SSSR count). The summed E-state index contributed by atoms with van der Waals surface area (Å²) < 4.78 is 28.1. The van der Waals surface area contributed by atoms with E-state index >= 15 is 0 Å². The molecule has 5 nitrogen and oxygen atoms in total. The van der Waals surface area contributed by atoms with Gasteiger partial charge in [-0.15, -0.1) is 11.3 Å². The maximum absolute atomic E-state index is 12.4. The Balaban J connectivity index is 1.60. The van der Waals surface area contributed by atoms with Gasteiger partial charge in [-0.3, -0.25) is 0 Å². The van der Waals surface area contributed by atoms with Gasteiger partial charge in [-0.05, 0) is 51.4 Å². The summed E-state index contributed by atoms with van der Waals surface area (Å²) in [6.07, 6.45) is 4.45. The number of thiophene rings is 1. The van der Waals surface area contributed by atoms with Gasteiger partial charge in [0, 0.05) is 30.1 Å². The van der Waals surface area contributed by atoms with Crippen molar-refractivity contribution in [2.24, 2.45) is 0 Å².